The molecular weight excluding hydrogens is 270 g/mol. The van der Waals surface area contributed by atoms with Crippen LogP contribution in [-0.2, 0) is 12.1 Å². The number of fused-ring (bicyclic) bond motifs is 1. The van der Waals surface area contributed by atoms with Crippen LogP contribution < -0.4 is 10.1 Å². The summed E-state index contributed by atoms with van der Waals surface area (Å²) in [5, 5.41) is 15.7. The summed E-state index contributed by atoms with van der Waals surface area (Å²) in [7, 11) is 0. The zero-order valence-corrected chi connectivity index (χ0v) is 12.3. The fraction of sp³-hybridized carbons (Fsp3) is 0.375. The third-order valence-electron chi connectivity index (χ3n) is 4.11. The van der Waals surface area contributed by atoms with Crippen LogP contribution in [0.4, 0.5) is 0 Å². The summed E-state index contributed by atoms with van der Waals surface area (Å²) in [6.45, 7) is 3.57. The quantitative estimate of drug-likeness (QED) is 0.909. The second-order valence-electron chi connectivity index (χ2n) is 5.27. The lowest BCUT2D eigenvalue weighted by molar-refractivity contribution is 0.0545. The second-order valence-corrected chi connectivity index (χ2v) is 6.30. The van der Waals surface area contributed by atoms with Gasteiger partial charge in [-0.25, -0.2) is 0 Å². The standard InChI is InChI=1S/C16H19NO2S/c1-12-10-19-15-7-3-2-6-14(15)16(12,11-18)17-9-13-5-4-8-20-13/h2-8,12,17-18H,9-11H2,1H3. The minimum atomic E-state index is -0.432. The van der Waals surface area contributed by atoms with Gasteiger partial charge in [0.15, 0.2) is 0 Å². The van der Waals surface area contributed by atoms with Gasteiger partial charge in [0.05, 0.1) is 18.8 Å². The first-order valence-corrected chi connectivity index (χ1v) is 7.75. The van der Waals surface area contributed by atoms with Crippen LogP contribution in [-0.4, -0.2) is 18.3 Å². The number of para-hydroxylation sites is 1. The number of hydrogen-bond acceptors (Lipinski definition) is 4. The van der Waals surface area contributed by atoms with Gasteiger partial charge in [0, 0.05) is 22.9 Å². The SMILES string of the molecule is CC1COc2ccccc2C1(CO)NCc1cccs1. The summed E-state index contributed by atoms with van der Waals surface area (Å²) in [6, 6.07) is 12.1. The smallest absolute Gasteiger partial charge is 0.124 e. The third kappa shape index (κ3) is 2.24. The molecule has 2 heterocycles. The highest BCUT2D eigenvalue weighted by molar-refractivity contribution is 7.09. The van der Waals surface area contributed by atoms with Crippen LogP contribution in [0, 0.1) is 5.92 Å². The molecule has 1 aromatic carbocycles. The van der Waals surface area contributed by atoms with Crippen LogP contribution in [0.25, 0.3) is 0 Å². The summed E-state index contributed by atoms with van der Waals surface area (Å²) in [5.74, 6) is 1.08. The Kier molecular flexibility index (Phi) is 3.78. The molecule has 1 aromatic heterocycles. The van der Waals surface area contributed by atoms with E-state index in [1.807, 2.05) is 24.3 Å². The van der Waals surface area contributed by atoms with Gasteiger partial charge in [-0.15, -0.1) is 11.3 Å². The Labute approximate surface area is 123 Å². The highest BCUT2D eigenvalue weighted by Gasteiger charge is 2.42. The molecule has 1 aliphatic heterocycles. The third-order valence-corrected chi connectivity index (χ3v) is 4.98. The monoisotopic (exact) mass is 289 g/mol. The van der Waals surface area contributed by atoms with Gasteiger partial charge in [-0.2, -0.15) is 0 Å². The first-order chi connectivity index (χ1) is 9.76. The average Bonchev–Trinajstić information content (AvgIpc) is 3.00. The van der Waals surface area contributed by atoms with Crippen molar-refractivity contribution in [3.8, 4) is 5.75 Å². The highest BCUT2D eigenvalue weighted by atomic mass is 32.1. The molecule has 106 valence electrons. The Bertz CT molecular complexity index is 570. The molecule has 2 N–H and O–H groups in total. The topological polar surface area (TPSA) is 41.5 Å². The van der Waals surface area contributed by atoms with Crippen LogP contribution in [0.1, 0.15) is 17.4 Å². The van der Waals surface area contributed by atoms with Crippen LogP contribution >= 0.6 is 11.3 Å². The molecule has 3 rings (SSSR count). The maximum Gasteiger partial charge on any atom is 0.124 e. The van der Waals surface area contributed by atoms with Crippen LogP contribution in [0.15, 0.2) is 41.8 Å². The predicted octanol–water partition coefficient (Wildman–Crippen LogP) is 2.75. The maximum absolute atomic E-state index is 10.1. The molecule has 1 aliphatic rings. The van der Waals surface area contributed by atoms with Gasteiger partial charge in [0.25, 0.3) is 0 Å². The lowest BCUT2D eigenvalue weighted by atomic mass is 9.77. The van der Waals surface area contributed by atoms with Crippen molar-refractivity contribution in [1.29, 1.82) is 0 Å². The van der Waals surface area contributed by atoms with E-state index in [0.717, 1.165) is 17.9 Å². The molecule has 4 heteroatoms. The summed E-state index contributed by atoms with van der Waals surface area (Å²) in [5.41, 5.74) is 0.622. The van der Waals surface area contributed by atoms with Gasteiger partial charge < -0.3 is 15.2 Å². The van der Waals surface area contributed by atoms with Crippen molar-refractivity contribution in [3.05, 3.63) is 52.2 Å². The van der Waals surface area contributed by atoms with Gasteiger partial charge in [-0.3, -0.25) is 0 Å². The zero-order valence-electron chi connectivity index (χ0n) is 11.5. The summed E-state index contributed by atoms with van der Waals surface area (Å²) >= 11 is 1.73. The van der Waals surface area contributed by atoms with Gasteiger partial charge >= 0.3 is 0 Å². The minimum Gasteiger partial charge on any atom is -0.493 e. The van der Waals surface area contributed by atoms with Crippen LogP contribution in [0.5, 0.6) is 5.75 Å². The zero-order chi connectivity index (χ0) is 14.0. The molecule has 0 bridgehead atoms. The molecule has 0 radical (unpaired) electrons. The van der Waals surface area contributed by atoms with Crippen molar-refractivity contribution < 1.29 is 9.84 Å². The van der Waals surface area contributed by atoms with Crippen molar-refractivity contribution in [2.75, 3.05) is 13.2 Å². The second kappa shape index (κ2) is 5.56. The van der Waals surface area contributed by atoms with E-state index < -0.39 is 5.54 Å². The molecule has 0 amide bonds. The fourth-order valence-electron chi connectivity index (χ4n) is 2.81. The highest BCUT2D eigenvalue weighted by Crippen LogP contribution is 2.40. The van der Waals surface area contributed by atoms with E-state index in [0.29, 0.717) is 6.61 Å². The summed E-state index contributed by atoms with van der Waals surface area (Å²) < 4.78 is 5.78. The molecule has 0 aliphatic carbocycles. The molecule has 3 nitrogen and oxygen atoms in total. The largest absolute Gasteiger partial charge is 0.493 e. The Hall–Kier alpha value is -1.36. The Morgan fingerprint density at radius 3 is 2.95 bits per heavy atom. The van der Waals surface area contributed by atoms with Gasteiger partial charge in [-0.05, 0) is 17.5 Å². The predicted molar refractivity (Wildman–Crippen MR) is 81.0 cm³/mol. The molecule has 0 saturated carbocycles. The molecule has 2 unspecified atom stereocenters. The number of ether oxygens (including phenoxy) is 1. The van der Waals surface area contributed by atoms with E-state index in [4.69, 9.17) is 4.74 Å². The Morgan fingerprint density at radius 2 is 2.20 bits per heavy atom. The number of aliphatic hydroxyl groups is 1. The van der Waals surface area contributed by atoms with Crippen LogP contribution in [0.2, 0.25) is 0 Å². The first-order valence-electron chi connectivity index (χ1n) is 6.87. The van der Waals surface area contributed by atoms with Crippen molar-refractivity contribution in [3.63, 3.8) is 0 Å². The molecule has 2 atom stereocenters. The van der Waals surface area contributed by atoms with Crippen LogP contribution in [0.3, 0.4) is 0 Å². The number of aliphatic hydroxyl groups excluding tert-OH is 1. The van der Waals surface area contributed by atoms with Gasteiger partial charge in [0.1, 0.15) is 5.75 Å². The lowest BCUT2D eigenvalue weighted by Gasteiger charge is -2.43. The Morgan fingerprint density at radius 1 is 1.35 bits per heavy atom. The first kappa shape index (κ1) is 13.6. The minimum absolute atomic E-state index is 0.0694. The van der Waals surface area contributed by atoms with E-state index in [9.17, 15) is 5.11 Å². The van der Waals surface area contributed by atoms with Crippen molar-refractivity contribution in [1.82, 2.24) is 5.32 Å². The normalized spacial score (nSPS) is 25.0. The number of nitrogens with one attached hydrogen (secondary N) is 1. The molecule has 0 spiro atoms. The molecule has 0 saturated heterocycles. The fourth-order valence-corrected chi connectivity index (χ4v) is 3.45. The Balaban J connectivity index is 1.93. The van der Waals surface area contributed by atoms with Gasteiger partial charge in [-0.1, -0.05) is 31.2 Å². The number of thiophene rings is 1. The van der Waals surface area contributed by atoms with E-state index >= 15 is 0 Å². The number of hydrogen-bond donors (Lipinski definition) is 2. The summed E-state index contributed by atoms with van der Waals surface area (Å²) in [6.07, 6.45) is 0. The van der Waals surface area contributed by atoms with E-state index in [-0.39, 0.29) is 12.5 Å². The van der Waals surface area contributed by atoms with Crippen molar-refractivity contribution >= 4 is 11.3 Å². The van der Waals surface area contributed by atoms with E-state index in [1.54, 1.807) is 11.3 Å². The van der Waals surface area contributed by atoms with E-state index in [2.05, 4.69) is 29.8 Å². The van der Waals surface area contributed by atoms with Crippen molar-refractivity contribution in [2.24, 2.45) is 5.92 Å². The number of benzene rings is 1. The number of rotatable bonds is 4. The van der Waals surface area contributed by atoms with E-state index in [1.165, 1.54) is 4.88 Å². The van der Waals surface area contributed by atoms with Crippen molar-refractivity contribution in [2.45, 2.75) is 19.0 Å². The summed E-state index contributed by atoms with van der Waals surface area (Å²) in [4.78, 5) is 1.27. The molecule has 2 aromatic rings. The average molecular weight is 289 g/mol. The maximum atomic E-state index is 10.1. The molecular formula is C16H19NO2S. The lowest BCUT2D eigenvalue weighted by Crippen LogP contribution is -2.54. The molecule has 20 heavy (non-hydrogen) atoms. The van der Waals surface area contributed by atoms with Gasteiger partial charge in [0.2, 0.25) is 0 Å². The molecule has 0 fully saturated rings.